The minimum atomic E-state index is 0.176. The number of hydrogen-bond donors (Lipinski definition) is 0. The zero-order valence-corrected chi connectivity index (χ0v) is 12.8. The molecule has 0 aliphatic carbocycles. The van der Waals surface area contributed by atoms with Gasteiger partial charge in [0.15, 0.2) is 0 Å². The Bertz CT molecular complexity index is 700. The molecule has 3 heteroatoms. The van der Waals surface area contributed by atoms with Crippen molar-refractivity contribution in [1.29, 1.82) is 0 Å². The van der Waals surface area contributed by atoms with Gasteiger partial charge in [-0.2, -0.15) is 4.99 Å². The van der Waals surface area contributed by atoms with E-state index in [2.05, 4.69) is 34.2 Å². The predicted octanol–water partition coefficient (Wildman–Crippen LogP) is 4.61. The fourth-order valence-electron chi connectivity index (χ4n) is 1.71. The summed E-state index contributed by atoms with van der Waals surface area (Å²) in [5.74, 6) is 7.09. The number of ether oxygens (including phenoxy) is 1. The molecule has 104 valence electrons. The maximum Gasteiger partial charge on any atom is 0.119 e. The molecule has 21 heavy (non-hydrogen) atoms. The molecule has 0 aromatic heterocycles. The Morgan fingerprint density at radius 3 is 1.90 bits per heavy atom. The molecule has 0 aliphatic heterocycles. The standard InChI is InChI=1S/C18H15NOS/c1-14(2)20-18-11-7-16(8-12-18)4-3-15-5-9-17(10-6-15)19-13-21/h5-12,14H,1-2H3. The number of nitrogens with zero attached hydrogens (tertiary/aromatic N) is 1. The van der Waals surface area contributed by atoms with Crippen molar-refractivity contribution in [2.24, 2.45) is 4.99 Å². The Kier molecular flexibility index (Phi) is 5.29. The van der Waals surface area contributed by atoms with Gasteiger partial charge in [-0.15, -0.1) is 0 Å². The lowest BCUT2D eigenvalue weighted by Gasteiger charge is -2.08. The molecule has 0 heterocycles. The topological polar surface area (TPSA) is 21.6 Å². The molecule has 0 amide bonds. The summed E-state index contributed by atoms with van der Waals surface area (Å²) < 4.78 is 5.60. The molecule has 2 aromatic carbocycles. The average Bonchev–Trinajstić information content (AvgIpc) is 2.48. The van der Waals surface area contributed by atoms with Crippen LogP contribution in [0.1, 0.15) is 25.0 Å². The number of isothiocyanates is 1. The predicted molar refractivity (Wildman–Crippen MR) is 89.3 cm³/mol. The lowest BCUT2D eigenvalue weighted by atomic mass is 10.1. The van der Waals surface area contributed by atoms with Gasteiger partial charge in [-0.1, -0.05) is 11.8 Å². The van der Waals surface area contributed by atoms with Crippen molar-refractivity contribution >= 4 is 23.1 Å². The van der Waals surface area contributed by atoms with E-state index in [0.717, 1.165) is 22.6 Å². The van der Waals surface area contributed by atoms with Gasteiger partial charge in [0, 0.05) is 11.1 Å². The van der Waals surface area contributed by atoms with Crippen molar-refractivity contribution in [3.05, 3.63) is 59.7 Å². The van der Waals surface area contributed by atoms with Crippen molar-refractivity contribution < 1.29 is 4.74 Å². The quantitative estimate of drug-likeness (QED) is 0.468. The Hall–Kier alpha value is -2.40. The monoisotopic (exact) mass is 293 g/mol. The molecular weight excluding hydrogens is 278 g/mol. The molecular formula is C18H15NOS. The summed E-state index contributed by atoms with van der Waals surface area (Å²) in [7, 11) is 0. The van der Waals surface area contributed by atoms with Gasteiger partial charge >= 0.3 is 0 Å². The van der Waals surface area contributed by atoms with Crippen LogP contribution in [0.5, 0.6) is 5.75 Å². The van der Waals surface area contributed by atoms with Gasteiger partial charge < -0.3 is 4.74 Å². The molecule has 2 nitrogen and oxygen atoms in total. The molecule has 0 bridgehead atoms. The van der Waals surface area contributed by atoms with Crippen LogP contribution in [-0.2, 0) is 0 Å². The number of thiocarbonyl (C=S) groups is 1. The first-order valence-corrected chi connectivity index (χ1v) is 7.05. The molecule has 2 rings (SSSR count). The van der Waals surface area contributed by atoms with E-state index in [0.29, 0.717) is 0 Å². The first-order chi connectivity index (χ1) is 10.2. The molecule has 0 radical (unpaired) electrons. The highest BCUT2D eigenvalue weighted by Gasteiger charge is 1.96. The summed E-state index contributed by atoms with van der Waals surface area (Å²) in [5.41, 5.74) is 2.67. The Morgan fingerprint density at radius 2 is 1.43 bits per heavy atom. The van der Waals surface area contributed by atoms with E-state index in [9.17, 15) is 0 Å². The lowest BCUT2D eigenvalue weighted by molar-refractivity contribution is 0.242. The van der Waals surface area contributed by atoms with Crippen LogP contribution in [0.3, 0.4) is 0 Å². The maximum absolute atomic E-state index is 5.60. The van der Waals surface area contributed by atoms with E-state index < -0.39 is 0 Å². The molecule has 0 unspecified atom stereocenters. The van der Waals surface area contributed by atoms with Crippen LogP contribution in [0.15, 0.2) is 53.5 Å². The normalized spacial score (nSPS) is 9.48. The highest BCUT2D eigenvalue weighted by atomic mass is 32.1. The summed E-state index contributed by atoms with van der Waals surface area (Å²) in [6.07, 6.45) is 0.176. The highest BCUT2D eigenvalue weighted by molar-refractivity contribution is 7.78. The highest BCUT2D eigenvalue weighted by Crippen LogP contribution is 2.14. The zero-order chi connectivity index (χ0) is 15.1. The van der Waals surface area contributed by atoms with Gasteiger partial charge in [0.2, 0.25) is 0 Å². The van der Waals surface area contributed by atoms with Crippen LogP contribution >= 0.6 is 12.2 Å². The van der Waals surface area contributed by atoms with Crippen molar-refractivity contribution in [3.8, 4) is 17.6 Å². The molecule has 0 spiro atoms. The van der Waals surface area contributed by atoms with Crippen LogP contribution in [0.4, 0.5) is 5.69 Å². The minimum Gasteiger partial charge on any atom is -0.491 e. The number of benzene rings is 2. The van der Waals surface area contributed by atoms with E-state index in [1.54, 1.807) is 0 Å². The summed E-state index contributed by atoms with van der Waals surface area (Å²) in [6.45, 7) is 4.01. The summed E-state index contributed by atoms with van der Waals surface area (Å²) in [4.78, 5) is 3.90. The van der Waals surface area contributed by atoms with Crippen LogP contribution in [0.2, 0.25) is 0 Å². The van der Waals surface area contributed by atoms with Crippen LogP contribution in [0.25, 0.3) is 0 Å². The first-order valence-electron chi connectivity index (χ1n) is 6.64. The van der Waals surface area contributed by atoms with Crippen LogP contribution in [0, 0.1) is 11.8 Å². The second kappa shape index (κ2) is 7.40. The fraction of sp³-hybridized carbons (Fsp3) is 0.167. The maximum atomic E-state index is 5.60. The second-order valence-electron chi connectivity index (χ2n) is 4.69. The van der Waals surface area contributed by atoms with E-state index >= 15 is 0 Å². The minimum absolute atomic E-state index is 0.176. The van der Waals surface area contributed by atoms with Gasteiger partial charge in [0.05, 0.1) is 17.0 Å². The molecule has 0 atom stereocenters. The number of rotatable bonds is 3. The molecule has 0 fully saturated rings. The second-order valence-corrected chi connectivity index (χ2v) is 4.87. The Morgan fingerprint density at radius 1 is 0.905 bits per heavy atom. The van der Waals surface area contributed by atoms with Gasteiger partial charge in [-0.3, -0.25) is 0 Å². The van der Waals surface area contributed by atoms with Gasteiger partial charge in [-0.05, 0) is 74.6 Å². The summed E-state index contributed by atoms with van der Waals surface area (Å²) in [6, 6.07) is 15.3. The van der Waals surface area contributed by atoms with Crippen LogP contribution in [-0.4, -0.2) is 11.3 Å². The van der Waals surface area contributed by atoms with Crippen LogP contribution < -0.4 is 4.74 Å². The van der Waals surface area contributed by atoms with E-state index in [1.807, 2.05) is 62.4 Å². The van der Waals surface area contributed by atoms with Crippen molar-refractivity contribution in [1.82, 2.24) is 0 Å². The third kappa shape index (κ3) is 4.89. The molecule has 0 N–H and O–H groups in total. The SMILES string of the molecule is CC(C)Oc1ccc(C#Cc2ccc(N=C=S)cc2)cc1. The van der Waals surface area contributed by atoms with Gasteiger partial charge in [0.1, 0.15) is 5.75 Å². The number of hydrogen-bond acceptors (Lipinski definition) is 3. The van der Waals surface area contributed by atoms with Crippen molar-refractivity contribution in [2.75, 3.05) is 0 Å². The van der Waals surface area contributed by atoms with E-state index in [4.69, 9.17) is 4.74 Å². The van der Waals surface area contributed by atoms with Crippen molar-refractivity contribution in [3.63, 3.8) is 0 Å². The first kappa shape index (κ1) is 15.0. The lowest BCUT2D eigenvalue weighted by Crippen LogP contribution is -2.05. The summed E-state index contributed by atoms with van der Waals surface area (Å²) >= 11 is 4.56. The Balaban J connectivity index is 2.09. The third-order valence-electron chi connectivity index (χ3n) is 2.62. The average molecular weight is 293 g/mol. The largest absolute Gasteiger partial charge is 0.491 e. The van der Waals surface area contributed by atoms with E-state index in [1.165, 1.54) is 0 Å². The zero-order valence-electron chi connectivity index (χ0n) is 12.0. The molecule has 0 saturated carbocycles. The van der Waals surface area contributed by atoms with E-state index in [-0.39, 0.29) is 6.10 Å². The fourth-order valence-corrected chi connectivity index (χ4v) is 1.81. The van der Waals surface area contributed by atoms with Crippen molar-refractivity contribution in [2.45, 2.75) is 20.0 Å². The Labute approximate surface area is 130 Å². The molecule has 0 aliphatic rings. The summed E-state index contributed by atoms with van der Waals surface area (Å²) in [5, 5.41) is 2.34. The third-order valence-corrected chi connectivity index (χ3v) is 2.71. The molecule has 0 saturated heterocycles. The molecule has 2 aromatic rings. The van der Waals surface area contributed by atoms with Gasteiger partial charge in [0.25, 0.3) is 0 Å². The smallest absolute Gasteiger partial charge is 0.119 e. The van der Waals surface area contributed by atoms with Gasteiger partial charge in [-0.25, -0.2) is 0 Å². The number of aliphatic imine (C=N–C) groups is 1.